The van der Waals surface area contributed by atoms with Crippen molar-refractivity contribution in [1.82, 2.24) is 4.90 Å². The van der Waals surface area contributed by atoms with Crippen molar-refractivity contribution in [3.05, 3.63) is 0 Å². The summed E-state index contributed by atoms with van der Waals surface area (Å²) in [6, 6.07) is 0. The molecule has 0 rings (SSSR count). The lowest BCUT2D eigenvalue weighted by Crippen LogP contribution is -2.39. The van der Waals surface area contributed by atoms with Gasteiger partial charge >= 0.3 is 0 Å². The number of carbonyl (C=O) groups excluding carboxylic acids is 1. The molecule has 1 amide bonds. The van der Waals surface area contributed by atoms with Gasteiger partial charge < -0.3 is 4.90 Å². The smallest absolute Gasteiger partial charge is 0.237 e. The minimum absolute atomic E-state index is 0.0206. The van der Waals surface area contributed by atoms with Crippen molar-refractivity contribution in [3.63, 3.8) is 0 Å². The normalized spacial score (nSPS) is 15.2. The van der Waals surface area contributed by atoms with Crippen LogP contribution in [-0.2, 0) is 4.79 Å². The van der Waals surface area contributed by atoms with Gasteiger partial charge in [0.25, 0.3) is 0 Å². The minimum Gasteiger partial charge on any atom is -0.339 e. The molecular formula is C8H14Cl3NO. The zero-order valence-corrected chi connectivity index (χ0v) is 10.0. The molecule has 13 heavy (non-hydrogen) atoms. The summed E-state index contributed by atoms with van der Waals surface area (Å²) in [5.41, 5.74) is 0. The quantitative estimate of drug-likeness (QED) is 0.682. The Morgan fingerprint density at radius 2 is 1.62 bits per heavy atom. The number of hydrogen-bond acceptors (Lipinski definition) is 1. The summed E-state index contributed by atoms with van der Waals surface area (Å²) in [4.78, 5) is 12.8. The second-order valence-electron chi connectivity index (χ2n) is 2.99. The monoisotopic (exact) mass is 245 g/mol. The molecule has 0 bridgehead atoms. The van der Waals surface area contributed by atoms with E-state index in [1.165, 1.54) is 0 Å². The van der Waals surface area contributed by atoms with Crippen LogP contribution in [-0.4, -0.2) is 40.5 Å². The van der Waals surface area contributed by atoms with Crippen LogP contribution in [0.15, 0.2) is 0 Å². The molecular weight excluding hydrogens is 232 g/mol. The molecule has 0 aromatic heterocycles. The third-order valence-electron chi connectivity index (χ3n) is 1.41. The zero-order chi connectivity index (χ0) is 10.4. The number of halogens is 3. The Labute approximate surface area is 94.1 Å². The van der Waals surface area contributed by atoms with E-state index in [0.29, 0.717) is 13.1 Å². The maximum Gasteiger partial charge on any atom is 0.237 e. The highest BCUT2D eigenvalue weighted by atomic mass is 35.5. The van der Waals surface area contributed by atoms with Gasteiger partial charge in [0.2, 0.25) is 5.91 Å². The summed E-state index contributed by atoms with van der Waals surface area (Å²) in [5, 5.41) is -0.162. The van der Waals surface area contributed by atoms with Crippen LogP contribution < -0.4 is 0 Å². The molecule has 0 saturated heterocycles. The van der Waals surface area contributed by atoms with E-state index in [1.54, 1.807) is 4.90 Å². The first-order valence-electron chi connectivity index (χ1n) is 4.09. The molecule has 0 heterocycles. The molecule has 0 N–H and O–H groups in total. The number of alkyl halides is 3. The van der Waals surface area contributed by atoms with Gasteiger partial charge in [0, 0.05) is 23.8 Å². The topological polar surface area (TPSA) is 20.3 Å². The van der Waals surface area contributed by atoms with Crippen molar-refractivity contribution in [3.8, 4) is 0 Å². The van der Waals surface area contributed by atoms with E-state index in [1.807, 2.05) is 13.8 Å². The summed E-state index contributed by atoms with van der Waals surface area (Å²) < 4.78 is 0. The second kappa shape index (κ2) is 6.74. The molecule has 2 nitrogen and oxygen atoms in total. The van der Waals surface area contributed by atoms with Gasteiger partial charge in [-0.25, -0.2) is 0 Å². The standard InChI is InChI=1S/C8H14Cl3NO/c1-6(10)4-12(5-7(2)11)8(13)3-9/h6-7H,3-5H2,1-2H3/t6-,7-/m1/s1. The lowest BCUT2D eigenvalue weighted by atomic mass is 10.3. The molecule has 0 aromatic rings. The van der Waals surface area contributed by atoms with Crippen LogP contribution >= 0.6 is 34.8 Å². The Kier molecular flexibility index (Phi) is 6.92. The van der Waals surface area contributed by atoms with Gasteiger partial charge in [-0.2, -0.15) is 0 Å². The van der Waals surface area contributed by atoms with Crippen molar-refractivity contribution in [2.45, 2.75) is 24.6 Å². The Morgan fingerprint density at radius 3 is 1.85 bits per heavy atom. The first kappa shape index (κ1) is 13.3. The summed E-state index contributed by atoms with van der Waals surface area (Å²) in [7, 11) is 0. The van der Waals surface area contributed by atoms with E-state index in [0.717, 1.165) is 0 Å². The minimum atomic E-state index is -0.123. The van der Waals surface area contributed by atoms with Gasteiger partial charge in [-0.05, 0) is 13.8 Å². The van der Waals surface area contributed by atoms with E-state index in [9.17, 15) is 4.79 Å². The zero-order valence-electron chi connectivity index (χ0n) is 7.77. The molecule has 0 aromatic carbocycles. The largest absolute Gasteiger partial charge is 0.339 e. The third kappa shape index (κ3) is 6.42. The highest BCUT2D eigenvalue weighted by molar-refractivity contribution is 6.27. The number of hydrogen-bond donors (Lipinski definition) is 0. The van der Waals surface area contributed by atoms with Gasteiger partial charge in [-0.1, -0.05) is 0 Å². The number of carbonyl (C=O) groups is 1. The maximum atomic E-state index is 11.3. The van der Waals surface area contributed by atoms with Crippen LogP contribution in [0.25, 0.3) is 0 Å². The predicted octanol–water partition coefficient (Wildman–Crippen LogP) is 2.31. The van der Waals surface area contributed by atoms with Crippen molar-refractivity contribution in [2.75, 3.05) is 19.0 Å². The molecule has 78 valence electrons. The molecule has 0 radical (unpaired) electrons. The van der Waals surface area contributed by atoms with Crippen LogP contribution in [0, 0.1) is 0 Å². The first-order chi connectivity index (χ1) is 5.97. The van der Waals surface area contributed by atoms with Crippen LogP contribution in [0.1, 0.15) is 13.8 Å². The second-order valence-corrected chi connectivity index (χ2v) is 4.75. The van der Waals surface area contributed by atoms with Crippen molar-refractivity contribution in [1.29, 1.82) is 0 Å². The van der Waals surface area contributed by atoms with Gasteiger partial charge in [0.1, 0.15) is 5.88 Å². The number of amides is 1. The summed E-state index contributed by atoms with van der Waals surface area (Å²) in [6.45, 7) is 4.64. The molecule has 5 heteroatoms. The van der Waals surface area contributed by atoms with E-state index in [-0.39, 0.29) is 22.5 Å². The van der Waals surface area contributed by atoms with Gasteiger partial charge in [0.05, 0.1) is 0 Å². The first-order valence-corrected chi connectivity index (χ1v) is 5.50. The Balaban J connectivity index is 4.10. The average Bonchev–Trinajstić information content (AvgIpc) is 2.00. The Bertz CT molecular complexity index is 151. The molecule has 0 spiro atoms. The molecule has 0 aliphatic heterocycles. The molecule has 0 fully saturated rings. The average molecular weight is 247 g/mol. The highest BCUT2D eigenvalue weighted by Gasteiger charge is 2.16. The lowest BCUT2D eigenvalue weighted by molar-refractivity contribution is -0.128. The summed E-state index contributed by atoms with van der Waals surface area (Å²) in [5.74, 6) is -0.144. The van der Waals surface area contributed by atoms with Gasteiger partial charge in [-0.15, -0.1) is 34.8 Å². The van der Waals surface area contributed by atoms with E-state index in [4.69, 9.17) is 34.8 Å². The molecule has 2 atom stereocenters. The number of rotatable bonds is 5. The van der Waals surface area contributed by atoms with Crippen molar-refractivity contribution >= 4 is 40.7 Å². The molecule has 0 saturated carbocycles. The number of nitrogens with zero attached hydrogens (tertiary/aromatic N) is 1. The third-order valence-corrected chi connectivity index (χ3v) is 1.92. The summed E-state index contributed by atoms with van der Waals surface area (Å²) >= 11 is 17.0. The Morgan fingerprint density at radius 1 is 1.23 bits per heavy atom. The fourth-order valence-electron chi connectivity index (χ4n) is 0.970. The van der Waals surface area contributed by atoms with Crippen molar-refractivity contribution < 1.29 is 4.79 Å². The van der Waals surface area contributed by atoms with Crippen LogP contribution in [0.2, 0.25) is 0 Å². The van der Waals surface area contributed by atoms with E-state index >= 15 is 0 Å². The van der Waals surface area contributed by atoms with Crippen molar-refractivity contribution in [2.24, 2.45) is 0 Å². The molecule has 0 aliphatic carbocycles. The van der Waals surface area contributed by atoms with Gasteiger partial charge in [0.15, 0.2) is 0 Å². The fourth-order valence-corrected chi connectivity index (χ4v) is 1.47. The lowest BCUT2D eigenvalue weighted by Gasteiger charge is -2.23. The highest BCUT2D eigenvalue weighted by Crippen LogP contribution is 2.05. The molecule has 0 aliphatic rings. The molecule has 0 unspecified atom stereocenters. The van der Waals surface area contributed by atoms with Crippen LogP contribution in [0.3, 0.4) is 0 Å². The maximum absolute atomic E-state index is 11.3. The summed E-state index contributed by atoms with van der Waals surface area (Å²) in [6.07, 6.45) is 0. The van der Waals surface area contributed by atoms with E-state index < -0.39 is 0 Å². The Hall–Kier alpha value is 0.340. The van der Waals surface area contributed by atoms with Crippen LogP contribution in [0.4, 0.5) is 0 Å². The van der Waals surface area contributed by atoms with Gasteiger partial charge in [-0.3, -0.25) is 4.79 Å². The van der Waals surface area contributed by atoms with Crippen LogP contribution in [0.5, 0.6) is 0 Å². The SMILES string of the molecule is C[C@@H](Cl)CN(C[C@@H](C)Cl)C(=O)CCl. The predicted molar refractivity (Wildman–Crippen MR) is 57.9 cm³/mol. The fraction of sp³-hybridized carbons (Fsp3) is 0.875. The van der Waals surface area contributed by atoms with E-state index in [2.05, 4.69) is 0 Å².